The highest BCUT2D eigenvalue weighted by atomic mass is 16.5. The van der Waals surface area contributed by atoms with E-state index in [0.29, 0.717) is 6.04 Å². The van der Waals surface area contributed by atoms with Crippen LogP contribution in [0.5, 0.6) is 5.75 Å². The van der Waals surface area contributed by atoms with Gasteiger partial charge in [0, 0.05) is 25.7 Å². The number of nitrogens with zero attached hydrogens (tertiary/aromatic N) is 2. The molecule has 1 N–H and O–H groups in total. The van der Waals surface area contributed by atoms with Gasteiger partial charge in [0.15, 0.2) is 6.61 Å². The molecule has 1 aromatic carbocycles. The number of likely N-dealkylation sites (N-methyl/N-ethyl adjacent to an activating group) is 1. The van der Waals surface area contributed by atoms with Crippen molar-refractivity contribution in [2.24, 2.45) is 0 Å². The van der Waals surface area contributed by atoms with Crippen molar-refractivity contribution in [3.8, 4) is 11.8 Å². The van der Waals surface area contributed by atoms with E-state index >= 15 is 0 Å². The first-order chi connectivity index (χ1) is 8.79. The van der Waals surface area contributed by atoms with Crippen LogP contribution in [0.3, 0.4) is 0 Å². The number of ether oxygens (including phenoxy) is 1. The number of piperazine rings is 1. The minimum absolute atomic E-state index is 0.106. The molecule has 0 radical (unpaired) electrons. The summed E-state index contributed by atoms with van der Waals surface area (Å²) in [6, 6.07) is 10.5. The Balaban J connectivity index is 1.91. The highest BCUT2D eigenvalue weighted by Crippen LogP contribution is 2.15. The lowest BCUT2D eigenvalue weighted by atomic mass is 10.0. The van der Waals surface area contributed by atoms with Gasteiger partial charge in [-0.1, -0.05) is 12.1 Å². The van der Waals surface area contributed by atoms with Crippen molar-refractivity contribution in [2.75, 3.05) is 33.3 Å². The maximum Gasteiger partial charge on any atom is 0.174 e. The Morgan fingerprint density at radius 1 is 1.44 bits per heavy atom. The largest absolute Gasteiger partial charge is 0.479 e. The van der Waals surface area contributed by atoms with Crippen LogP contribution in [0, 0.1) is 11.3 Å². The van der Waals surface area contributed by atoms with Crippen molar-refractivity contribution < 1.29 is 4.74 Å². The third-order valence-electron chi connectivity index (χ3n) is 3.34. The molecule has 1 saturated heterocycles. The smallest absolute Gasteiger partial charge is 0.174 e. The number of hydrogen-bond donors (Lipinski definition) is 1. The molecule has 0 aromatic heterocycles. The second-order valence-electron chi connectivity index (χ2n) is 4.63. The SMILES string of the molecule is CN1CCNC[C@H]1Cc1ccc(OCC#N)cc1. The third-order valence-corrected chi connectivity index (χ3v) is 3.34. The van der Waals surface area contributed by atoms with Crippen molar-refractivity contribution in [1.82, 2.24) is 10.2 Å². The molecule has 1 heterocycles. The Morgan fingerprint density at radius 3 is 2.89 bits per heavy atom. The summed E-state index contributed by atoms with van der Waals surface area (Å²) < 4.78 is 5.24. The number of nitriles is 1. The van der Waals surface area contributed by atoms with E-state index in [4.69, 9.17) is 10.00 Å². The van der Waals surface area contributed by atoms with E-state index in [1.807, 2.05) is 18.2 Å². The fourth-order valence-electron chi connectivity index (χ4n) is 2.20. The molecule has 4 nitrogen and oxygen atoms in total. The Hall–Kier alpha value is -1.57. The Morgan fingerprint density at radius 2 is 2.22 bits per heavy atom. The van der Waals surface area contributed by atoms with E-state index < -0.39 is 0 Å². The van der Waals surface area contributed by atoms with Crippen LogP contribution in [-0.2, 0) is 6.42 Å². The summed E-state index contributed by atoms with van der Waals surface area (Å²) in [5, 5.41) is 11.9. The van der Waals surface area contributed by atoms with E-state index in [0.717, 1.165) is 31.8 Å². The van der Waals surface area contributed by atoms with Gasteiger partial charge in [-0.15, -0.1) is 0 Å². The molecule has 1 aliphatic rings. The summed E-state index contributed by atoms with van der Waals surface area (Å²) >= 11 is 0. The van der Waals surface area contributed by atoms with E-state index in [-0.39, 0.29) is 6.61 Å². The molecule has 4 heteroatoms. The topological polar surface area (TPSA) is 48.3 Å². The molecular formula is C14H19N3O. The molecule has 0 amide bonds. The third kappa shape index (κ3) is 3.46. The predicted molar refractivity (Wildman–Crippen MR) is 70.5 cm³/mol. The molecule has 0 spiro atoms. The summed E-state index contributed by atoms with van der Waals surface area (Å²) in [4.78, 5) is 2.40. The lowest BCUT2D eigenvalue weighted by molar-refractivity contribution is 0.199. The summed E-state index contributed by atoms with van der Waals surface area (Å²) in [5.74, 6) is 0.760. The molecule has 0 unspecified atom stereocenters. The fourth-order valence-corrected chi connectivity index (χ4v) is 2.20. The molecule has 1 fully saturated rings. The van der Waals surface area contributed by atoms with Crippen LogP contribution >= 0.6 is 0 Å². The van der Waals surface area contributed by atoms with Crippen molar-refractivity contribution in [1.29, 1.82) is 5.26 Å². The molecule has 18 heavy (non-hydrogen) atoms. The number of nitrogens with one attached hydrogen (secondary N) is 1. The molecule has 1 atom stereocenters. The normalized spacial score (nSPS) is 20.3. The van der Waals surface area contributed by atoms with Crippen LogP contribution < -0.4 is 10.1 Å². The molecule has 0 saturated carbocycles. The summed E-state index contributed by atoms with van der Waals surface area (Å²) in [7, 11) is 2.18. The molecule has 96 valence electrons. The van der Waals surface area contributed by atoms with Crippen LogP contribution in [0.15, 0.2) is 24.3 Å². The second kappa shape index (κ2) is 6.39. The lowest BCUT2D eigenvalue weighted by Crippen LogP contribution is -2.50. The number of hydrogen-bond acceptors (Lipinski definition) is 4. The van der Waals surface area contributed by atoms with Gasteiger partial charge in [0.05, 0.1) is 0 Å². The zero-order chi connectivity index (χ0) is 12.8. The van der Waals surface area contributed by atoms with E-state index in [2.05, 4.69) is 29.4 Å². The summed E-state index contributed by atoms with van der Waals surface area (Å²) in [5.41, 5.74) is 1.31. The van der Waals surface area contributed by atoms with Gasteiger partial charge >= 0.3 is 0 Å². The van der Waals surface area contributed by atoms with Crippen molar-refractivity contribution >= 4 is 0 Å². The standard InChI is InChI=1S/C14H19N3O/c1-17-8-7-16-11-13(17)10-12-2-4-14(5-3-12)18-9-6-15/h2-5,13,16H,7-11H2,1H3/t13-/m1/s1. The highest BCUT2D eigenvalue weighted by Gasteiger charge is 2.18. The maximum atomic E-state index is 8.44. The summed E-state index contributed by atoms with van der Waals surface area (Å²) in [6.07, 6.45) is 1.04. The Bertz CT molecular complexity index is 410. The number of benzene rings is 1. The minimum atomic E-state index is 0.106. The molecule has 0 bridgehead atoms. The maximum absolute atomic E-state index is 8.44. The summed E-state index contributed by atoms with van der Waals surface area (Å²) in [6.45, 7) is 3.33. The zero-order valence-electron chi connectivity index (χ0n) is 10.7. The quantitative estimate of drug-likeness (QED) is 0.861. The van der Waals surface area contributed by atoms with Gasteiger partial charge < -0.3 is 15.0 Å². The van der Waals surface area contributed by atoms with Crippen LogP contribution in [0.25, 0.3) is 0 Å². The van der Waals surface area contributed by atoms with Gasteiger partial charge in [0.25, 0.3) is 0 Å². The Labute approximate surface area is 108 Å². The zero-order valence-corrected chi connectivity index (χ0v) is 10.7. The van der Waals surface area contributed by atoms with Gasteiger partial charge in [0.2, 0.25) is 0 Å². The second-order valence-corrected chi connectivity index (χ2v) is 4.63. The van der Waals surface area contributed by atoms with E-state index in [9.17, 15) is 0 Å². The monoisotopic (exact) mass is 245 g/mol. The molecule has 0 aliphatic carbocycles. The first-order valence-electron chi connectivity index (χ1n) is 6.29. The Kier molecular flexibility index (Phi) is 4.57. The predicted octanol–water partition coefficient (Wildman–Crippen LogP) is 1.04. The van der Waals surface area contributed by atoms with Gasteiger partial charge in [-0.2, -0.15) is 5.26 Å². The lowest BCUT2D eigenvalue weighted by Gasteiger charge is -2.33. The van der Waals surface area contributed by atoms with Crippen LogP contribution in [0.1, 0.15) is 5.56 Å². The molecule has 1 aliphatic heterocycles. The molecule has 1 aromatic rings. The van der Waals surface area contributed by atoms with E-state index in [1.54, 1.807) is 0 Å². The van der Waals surface area contributed by atoms with Crippen molar-refractivity contribution in [2.45, 2.75) is 12.5 Å². The van der Waals surface area contributed by atoms with Crippen LogP contribution in [0.4, 0.5) is 0 Å². The van der Waals surface area contributed by atoms with Crippen LogP contribution in [-0.4, -0.2) is 44.2 Å². The first kappa shape index (κ1) is 12.9. The van der Waals surface area contributed by atoms with Crippen molar-refractivity contribution in [3.63, 3.8) is 0 Å². The van der Waals surface area contributed by atoms with Gasteiger partial charge in [-0.25, -0.2) is 0 Å². The van der Waals surface area contributed by atoms with Gasteiger partial charge in [0.1, 0.15) is 11.8 Å². The average Bonchev–Trinajstić information content (AvgIpc) is 2.41. The van der Waals surface area contributed by atoms with E-state index in [1.165, 1.54) is 5.56 Å². The first-order valence-corrected chi connectivity index (χ1v) is 6.29. The van der Waals surface area contributed by atoms with Gasteiger partial charge in [-0.05, 0) is 31.2 Å². The average molecular weight is 245 g/mol. The number of rotatable bonds is 4. The van der Waals surface area contributed by atoms with Gasteiger partial charge in [-0.3, -0.25) is 0 Å². The fraction of sp³-hybridized carbons (Fsp3) is 0.500. The highest BCUT2D eigenvalue weighted by molar-refractivity contribution is 5.28. The molecular weight excluding hydrogens is 226 g/mol. The van der Waals surface area contributed by atoms with Crippen LogP contribution in [0.2, 0.25) is 0 Å². The molecule has 2 rings (SSSR count). The minimum Gasteiger partial charge on any atom is -0.479 e. The van der Waals surface area contributed by atoms with Crippen molar-refractivity contribution in [3.05, 3.63) is 29.8 Å².